The van der Waals surface area contributed by atoms with Gasteiger partial charge in [0.1, 0.15) is 0 Å². The summed E-state index contributed by atoms with van der Waals surface area (Å²) in [6.45, 7) is 5.15. The molecule has 0 radical (unpaired) electrons. The highest BCUT2D eigenvalue weighted by molar-refractivity contribution is 9.10. The molecular weight excluding hydrogens is 326 g/mol. The van der Waals surface area contributed by atoms with Crippen molar-refractivity contribution in [3.05, 3.63) is 33.3 Å². The summed E-state index contributed by atoms with van der Waals surface area (Å²) in [7, 11) is 0. The molecule has 1 aromatic rings. The van der Waals surface area contributed by atoms with Crippen LogP contribution in [0.4, 0.5) is 0 Å². The number of hydrogen-bond donors (Lipinski definition) is 1. The Morgan fingerprint density at radius 2 is 2.32 bits per heavy atom. The lowest BCUT2D eigenvalue weighted by atomic mass is 9.89. The summed E-state index contributed by atoms with van der Waals surface area (Å²) in [5, 5.41) is 4.26. The number of ether oxygens (including phenoxy) is 1. The quantitative estimate of drug-likeness (QED) is 0.789. The van der Waals surface area contributed by atoms with Crippen LogP contribution >= 0.6 is 27.5 Å². The maximum Gasteiger partial charge on any atom is 0.0865 e. The Kier molecular flexibility index (Phi) is 6.14. The van der Waals surface area contributed by atoms with Gasteiger partial charge in [-0.1, -0.05) is 24.6 Å². The molecule has 2 unspecified atom stereocenters. The van der Waals surface area contributed by atoms with Gasteiger partial charge in [-0.05, 0) is 59.4 Å². The zero-order chi connectivity index (χ0) is 13.7. The summed E-state index contributed by atoms with van der Waals surface area (Å²) in [6.07, 6.45) is 3.74. The Balaban J connectivity index is 2.07. The van der Waals surface area contributed by atoms with E-state index >= 15 is 0 Å². The van der Waals surface area contributed by atoms with Crippen LogP contribution in [0.5, 0.6) is 0 Å². The van der Waals surface area contributed by atoms with Crippen LogP contribution in [0.2, 0.25) is 5.02 Å². The van der Waals surface area contributed by atoms with E-state index in [0.29, 0.717) is 5.92 Å². The van der Waals surface area contributed by atoms with Gasteiger partial charge in [0.05, 0.1) is 11.1 Å². The van der Waals surface area contributed by atoms with Crippen molar-refractivity contribution < 1.29 is 4.74 Å². The smallest absolute Gasteiger partial charge is 0.0865 e. The summed E-state index contributed by atoms with van der Waals surface area (Å²) in [4.78, 5) is 0. The molecule has 1 aliphatic rings. The minimum atomic E-state index is 0.187. The summed E-state index contributed by atoms with van der Waals surface area (Å²) >= 11 is 9.55. The first kappa shape index (κ1) is 15.3. The molecule has 106 valence electrons. The molecule has 0 aromatic heterocycles. The molecule has 0 saturated carbocycles. The molecular formula is C15H21BrClNO. The lowest BCUT2D eigenvalue weighted by Gasteiger charge is -2.32. The minimum absolute atomic E-state index is 0.187. The predicted octanol–water partition coefficient (Wildman–Crippen LogP) is 4.57. The van der Waals surface area contributed by atoms with Crippen LogP contribution in [0.1, 0.15) is 37.9 Å². The van der Waals surface area contributed by atoms with Crippen LogP contribution in [0.3, 0.4) is 0 Å². The van der Waals surface area contributed by atoms with Gasteiger partial charge in [-0.15, -0.1) is 0 Å². The third-order valence-corrected chi connectivity index (χ3v) is 4.76. The lowest BCUT2D eigenvalue weighted by molar-refractivity contribution is -0.0277. The maximum atomic E-state index is 6.06. The third kappa shape index (κ3) is 4.19. The molecule has 2 atom stereocenters. The van der Waals surface area contributed by atoms with Crippen LogP contribution in [0, 0.1) is 5.92 Å². The maximum absolute atomic E-state index is 6.06. The first-order valence-electron chi connectivity index (χ1n) is 6.99. The van der Waals surface area contributed by atoms with Crippen molar-refractivity contribution in [2.75, 3.05) is 19.7 Å². The topological polar surface area (TPSA) is 21.3 Å². The highest BCUT2D eigenvalue weighted by atomic mass is 79.9. The molecule has 1 aromatic carbocycles. The normalized spacial score (nSPS) is 23.5. The van der Waals surface area contributed by atoms with E-state index in [0.717, 1.165) is 35.6 Å². The van der Waals surface area contributed by atoms with Gasteiger partial charge in [0.2, 0.25) is 0 Å². The fourth-order valence-corrected chi connectivity index (χ4v) is 3.09. The van der Waals surface area contributed by atoms with Crippen molar-refractivity contribution in [3.63, 3.8) is 0 Å². The van der Waals surface area contributed by atoms with Gasteiger partial charge in [-0.2, -0.15) is 0 Å². The monoisotopic (exact) mass is 345 g/mol. The Morgan fingerprint density at radius 1 is 1.47 bits per heavy atom. The number of rotatable bonds is 5. The van der Waals surface area contributed by atoms with E-state index in [2.05, 4.69) is 40.3 Å². The number of benzene rings is 1. The summed E-state index contributed by atoms with van der Waals surface area (Å²) in [5.41, 5.74) is 1.22. The standard InChI is InChI=1S/C15H21BrClNO/c1-2-7-18-10-12-4-3-8-19-15(12)11-5-6-14(17)13(16)9-11/h5-6,9,12,15,18H,2-4,7-8,10H2,1H3. The Hall–Kier alpha value is -0.0900. The molecule has 19 heavy (non-hydrogen) atoms. The Labute approximate surface area is 129 Å². The fourth-order valence-electron chi connectivity index (χ4n) is 2.57. The Bertz CT molecular complexity index is 413. The van der Waals surface area contributed by atoms with Crippen molar-refractivity contribution in [1.29, 1.82) is 0 Å². The van der Waals surface area contributed by atoms with Crippen LogP contribution < -0.4 is 5.32 Å². The van der Waals surface area contributed by atoms with E-state index < -0.39 is 0 Å². The average Bonchev–Trinajstić information content (AvgIpc) is 2.43. The van der Waals surface area contributed by atoms with Crippen LogP contribution in [0.25, 0.3) is 0 Å². The van der Waals surface area contributed by atoms with Crippen LogP contribution in [0.15, 0.2) is 22.7 Å². The fraction of sp³-hybridized carbons (Fsp3) is 0.600. The summed E-state index contributed by atoms with van der Waals surface area (Å²) in [6, 6.07) is 6.11. The summed E-state index contributed by atoms with van der Waals surface area (Å²) in [5.74, 6) is 0.549. The van der Waals surface area contributed by atoms with Crippen molar-refractivity contribution in [1.82, 2.24) is 5.32 Å². The van der Waals surface area contributed by atoms with Crippen molar-refractivity contribution >= 4 is 27.5 Å². The highest BCUT2D eigenvalue weighted by Gasteiger charge is 2.27. The number of nitrogens with one attached hydrogen (secondary N) is 1. The molecule has 1 heterocycles. The van der Waals surface area contributed by atoms with E-state index in [1.165, 1.54) is 18.4 Å². The van der Waals surface area contributed by atoms with Crippen molar-refractivity contribution in [3.8, 4) is 0 Å². The molecule has 0 bridgehead atoms. The van der Waals surface area contributed by atoms with Gasteiger partial charge in [-0.3, -0.25) is 0 Å². The number of halogens is 2. The molecule has 4 heteroatoms. The molecule has 0 amide bonds. The van der Waals surface area contributed by atoms with E-state index in [1.807, 2.05) is 6.07 Å². The molecule has 1 fully saturated rings. The van der Waals surface area contributed by atoms with Gasteiger partial charge in [0, 0.05) is 23.5 Å². The van der Waals surface area contributed by atoms with Gasteiger partial charge in [-0.25, -0.2) is 0 Å². The van der Waals surface area contributed by atoms with Gasteiger partial charge in [0.15, 0.2) is 0 Å². The summed E-state index contributed by atoms with van der Waals surface area (Å²) < 4.78 is 6.94. The van der Waals surface area contributed by atoms with Crippen molar-refractivity contribution in [2.45, 2.75) is 32.3 Å². The van der Waals surface area contributed by atoms with Gasteiger partial charge < -0.3 is 10.1 Å². The zero-order valence-electron chi connectivity index (χ0n) is 11.3. The largest absolute Gasteiger partial charge is 0.373 e. The second-order valence-electron chi connectivity index (χ2n) is 5.07. The number of hydrogen-bond acceptors (Lipinski definition) is 2. The average molecular weight is 347 g/mol. The van der Waals surface area contributed by atoms with Crippen LogP contribution in [-0.2, 0) is 4.74 Å². The SMILES string of the molecule is CCCNCC1CCCOC1c1ccc(Cl)c(Br)c1. The first-order valence-corrected chi connectivity index (χ1v) is 8.16. The zero-order valence-corrected chi connectivity index (χ0v) is 13.6. The molecule has 2 nitrogen and oxygen atoms in total. The van der Waals surface area contributed by atoms with Gasteiger partial charge >= 0.3 is 0 Å². The molecule has 0 spiro atoms. The first-order chi connectivity index (χ1) is 9.22. The van der Waals surface area contributed by atoms with Crippen LogP contribution in [-0.4, -0.2) is 19.7 Å². The van der Waals surface area contributed by atoms with E-state index in [9.17, 15) is 0 Å². The van der Waals surface area contributed by atoms with Crippen molar-refractivity contribution in [2.24, 2.45) is 5.92 Å². The molecule has 1 aliphatic heterocycles. The highest BCUT2D eigenvalue weighted by Crippen LogP contribution is 2.35. The second-order valence-corrected chi connectivity index (χ2v) is 6.33. The Morgan fingerprint density at radius 3 is 3.05 bits per heavy atom. The molecule has 2 rings (SSSR count). The van der Waals surface area contributed by atoms with E-state index in [1.54, 1.807) is 0 Å². The van der Waals surface area contributed by atoms with Gasteiger partial charge in [0.25, 0.3) is 0 Å². The third-order valence-electron chi connectivity index (χ3n) is 3.55. The molecule has 1 saturated heterocycles. The second kappa shape index (κ2) is 7.63. The van der Waals surface area contributed by atoms with E-state index in [4.69, 9.17) is 16.3 Å². The minimum Gasteiger partial charge on any atom is -0.373 e. The van der Waals surface area contributed by atoms with E-state index in [-0.39, 0.29) is 6.10 Å². The molecule has 1 N–H and O–H groups in total. The molecule has 0 aliphatic carbocycles. The predicted molar refractivity (Wildman–Crippen MR) is 83.7 cm³/mol. The lowest BCUT2D eigenvalue weighted by Crippen LogP contribution is -2.32.